The molecule has 0 aliphatic heterocycles. The van der Waals surface area contributed by atoms with Crippen LogP contribution in [0.2, 0.25) is 5.02 Å². The molecule has 0 radical (unpaired) electrons. The molecule has 2 aromatic heterocycles. The lowest BCUT2D eigenvalue weighted by molar-refractivity contribution is -0.123. The number of hydrogen-bond donors (Lipinski definition) is 4. The molecule has 2 aromatic carbocycles. The van der Waals surface area contributed by atoms with Crippen molar-refractivity contribution in [3.05, 3.63) is 77.2 Å². The van der Waals surface area contributed by atoms with Gasteiger partial charge in [0, 0.05) is 37.5 Å². The average Bonchev–Trinajstić information content (AvgIpc) is 3.29. The number of nitrogen functional groups attached to an aromatic ring is 1. The van der Waals surface area contributed by atoms with Crippen molar-refractivity contribution < 1.29 is 31.9 Å². The Morgan fingerprint density at radius 3 is 2.36 bits per heavy atom. The Hall–Kier alpha value is -5.35. The number of alkyl halides is 3. The summed E-state index contributed by atoms with van der Waals surface area (Å²) in [7, 11) is 3.15. The van der Waals surface area contributed by atoms with Gasteiger partial charge in [-0.15, -0.1) is 0 Å². The molecule has 2 heterocycles. The second kappa shape index (κ2) is 12.5. The third-order valence-electron chi connectivity index (χ3n) is 6.39. The number of carbonyl (C=O) groups excluding carboxylic acids is 3. The van der Waals surface area contributed by atoms with E-state index >= 15 is 0 Å². The van der Waals surface area contributed by atoms with E-state index in [1.54, 1.807) is 29.1 Å². The van der Waals surface area contributed by atoms with E-state index in [2.05, 4.69) is 34.0 Å². The van der Waals surface area contributed by atoms with Crippen molar-refractivity contribution in [1.29, 1.82) is 0 Å². The number of nitrogens with one attached hydrogen (secondary N) is 3. The van der Waals surface area contributed by atoms with E-state index in [1.165, 1.54) is 43.6 Å². The number of hydrogen-bond acceptors (Lipinski definition) is 5. The molecule has 0 aliphatic carbocycles. The van der Waals surface area contributed by atoms with Crippen molar-refractivity contribution in [2.45, 2.75) is 6.18 Å². The summed E-state index contributed by atoms with van der Waals surface area (Å²) >= 11 is 6.41. The normalized spacial score (nSPS) is 11.0. The topological polar surface area (TPSA) is 131 Å². The van der Waals surface area contributed by atoms with E-state index in [-0.39, 0.29) is 22.1 Å². The summed E-state index contributed by atoms with van der Waals surface area (Å²) in [6.07, 6.45) is -3.20. The molecule has 9 nitrogen and oxygen atoms in total. The van der Waals surface area contributed by atoms with Gasteiger partial charge in [-0.2, -0.15) is 13.2 Å². The SMILES string of the molecule is C=C(F)C(=O)Nc1ccc(-c2c(-c3ccc(C(=O)NCC(F)(F)F)c(Cl)c3)c3c(N)ncc(C#CC(=O)NC)c3n2C)cc1. The van der Waals surface area contributed by atoms with Crippen LogP contribution in [-0.2, 0) is 16.6 Å². The van der Waals surface area contributed by atoms with E-state index in [4.69, 9.17) is 17.3 Å². The number of aromatic nitrogens is 2. The highest BCUT2D eigenvalue weighted by Gasteiger charge is 2.29. The number of pyridine rings is 1. The van der Waals surface area contributed by atoms with Crippen molar-refractivity contribution in [3.8, 4) is 34.2 Å². The van der Waals surface area contributed by atoms with E-state index in [1.807, 2.05) is 0 Å². The third kappa shape index (κ3) is 6.66. The first-order valence-electron chi connectivity index (χ1n) is 12.6. The van der Waals surface area contributed by atoms with Crippen LogP contribution < -0.4 is 21.7 Å². The lowest BCUT2D eigenvalue weighted by Gasteiger charge is -2.13. The zero-order valence-electron chi connectivity index (χ0n) is 23.1. The minimum atomic E-state index is -4.61. The molecule has 0 saturated heterocycles. The van der Waals surface area contributed by atoms with Gasteiger partial charge in [0.05, 0.1) is 32.7 Å². The van der Waals surface area contributed by atoms with E-state index in [9.17, 15) is 31.9 Å². The first-order valence-corrected chi connectivity index (χ1v) is 13.0. The summed E-state index contributed by atoms with van der Waals surface area (Å²) < 4.78 is 52.9. The highest BCUT2D eigenvalue weighted by molar-refractivity contribution is 6.34. The van der Waals surface area contributed by atoms with Gasteiger partial charge >= 0.3 is 6.18 Å². The summed E-state index contributed by atoms with van der Waals surface area (Å²) in [6, 6.07) is 10.6. The highest BCUT2D eigenvalue weighted by atomic mass is 35.5. The molecule has 4 aromatic rings. The lowest BCUT2D eigenvalue weighted by atomic mass is 9.96. The number of rotatable bonds is 6. The number of carbonyl (C=O) groups is 3. The van der Waals surface area contributed by atoms with Crippen LogP contribution in [0, 0.1) is 11.8 Å². The maximum Gasteiger partial charge on any atom is 0.405 e. The molecule has 0 spiro atoms. The summed E-state index contributed by atoms with van der Waals surface area (Å²) in [5.74, 6) is 1.63. The molecule has 3 amide bonds. The van der Waals surface area contributed by atoms with Gasteiger partial charge in [0.25, 0.3) is 17.7 Å². The molecule has 14 heteroatoms. The summed E-state index contributed by atoms with van der Waals surface area (Å²) in [6.45, 7) is 1.44. The monoisotopic (exact) mass is 626 g/mol. The predicted molar refractivity (Wildman–Crippen MR) is 159 cm³/mol. The number of benzene rings is 2. The quantitative estimate of drug-likeness (QED) is 0.137. The number of aryl methyl sites for hydroxylation is 1. The molecule has 0 aliphatic rings. The number of amides is 3. The second-order valence-electron chi connectivity index (χ2n) is 9.32. The molecule has 0 bridgehead atoms. The maximum atomic E-state index is 13.2. The zero-order chi connectivity index (χ0) is 32.3. The molecule has 0 fully saturated rings. The molecule has 4 rings (SSSR count). The number of anilines is 2. The number of nitrogens with two attached hydrogens (primary N) is 1. The van der Waals surface area contributed by atoms with Crippen molar-refractivity contribution in [2.24, 2.45) is 7.05 Å². The predicted octanol–water partition coefficient (Wildman–Crippen LogP) is 4.95. The number of halogens is 5. The number of nitrogens with zero attached hydrogens (tertiary/aromatic N) is 2. The van der Waals surface area contributed by atoms with Gasteiger partial charge in [0.15, 0.2) is 5.83 Å². The zero-order valence-corrected chi connectivity index (χ0v) is 23.9. The molecule has 5 N–H and O–H groups in total. The van der Waals surface area contributed by atoms with E-state index in [0.29, 0.717) is 38.9 Å². The standard InChI is InChI=1S/C30H23ClF4N6O3/c1-15(32)28(43)40-19-8-4-16(5-9-19)25-23(17-6-10-20(21(31)12-17)29(44)39-14-30(33,34)35)24-26(41(25)3)18(13-38-27(24)36)7-11-22(42)37-2/h4-6,8-10,12-13H,1,14H2,2-3H3,(H2,36,38)(H,37,42)(H,39,44)(H,40,43). The van der Waals surface area contributed by atoms with Crippen LogP contribution >= 0.6 is 11.6 Å². The first-order chi connectivity index (χ1) is 20.7. The van der Waals surface area contributed by atoms with Crippen LogP contribution in [0.3, 0.4) is 0 Å². The smallest absolute Gasteiger partial charge is 0.383 e. The van der Waals surface area contributed by atoms with Gasteiger partial charge < -0.3 is 26.3 Å². The van der Waals surface area contributed by atoms with Gasteiger partial charge in [0.1, 0.15) is 12.4 Å². The van der Waals surface area contributed by atoms with Gasteiger partial charge in [0.2, 0.25) is 0 Å². The van der Waals surface area contributed by atoms with Crippen molar-refractivity contribution in [1.82, 2.24) is 20.2 Å². The van der Waals surface area contributed by atoms with Gasteiger partial charge in [-0.3, -0.25) is 14.4 Å². The van der Waals surface area contributed by atoms with Crippen LogP contribution in [0.25, 0.3) is 33.3 Å². The summed E-state index contributed by atoms with van der Waals surface area (Å²) in [5.41, 5.74) is 9.35. The Bertz CT molecular complexity index is 1890. The maximum absolute atomic E-state index is 13.2. The summed E-state index contributed by atoms with van der Waals surface area (Å²) in [4.78, 5) is 40.3. The van der Waals surface area contributed by atoms with Crippen molar-refractivity contribution in [2.75, 3.05) is 24.6 Å². The second-order valence-corrected chi connectivity index (χ2v) is 9.73. The Balaban J connectivity index is 1.94. The fourth-order valence-electron chi connectivity index (χ4n) is 4.45. The van der Waals surface area contributed by atoms with Crippen LogP contribution in [-0.4, -0.2) is 47.0 Å². The molecular formula is C30H23ClF4N6O3. The Morgan fingerprint density at radius 1 is 1.11 bits per heavy atom. The minimum Gasteiger partial charge on any atom is -0.383 e. The largest absolute Gasteiger partial charge is 0.405 e. The highest BCUT2D eigenvalue weighted by Crippen LogP contribution is 2.44. The van der Waals surface area contributed by atoms with E-state index < -0.39 is 36.3 Å². The Labute approximate surface area is 253 Å². The number of fused-ring (bicyclic) bond motifs is 1. The molecule has 0 atom stereocenters. The van der Waals surface area contributed by atoms with Gasteiger partial charge in [-0.1, -0.05) is 42.3 Å². The molecule has 0 saturated carbocycles. The molecular weight excluding hydrogens is 604 g/mol. The lowest BCUT2D eigenvalue weighted by Crippen LogP contribution is -2.33. The minimum absolute atomic E-state index is 0.0933. The summed E-state index contributed by atoms with van der Waals surface area (Å²) in [5, 5.41) is 6.86. The Kier molecular flexibility index (Phi) is 8.96. The molecule has 44 heavy (non-hydrogen) atoms. The van der Waals surface area contributed by atoms with Crippen LogP contribution in [0.5, 0.6) is 0 Å². The van der Waals surface area contributed by atoms with Crippen molar-refractivity contribution >= 4 is 51.7 Å². The van der Waals surface area contributed by atoms with Crippen molar-refractivity contribution in [3.63, 3.8) is 0 Å². The average molecular weight is 627 g/mol. The fourth-order valence-corrected chi connectivity index (χ4v) is 4.71. The third-order valence-corrected chi connectivity index (χ3v) is 6.70. The van der Waals surface area contributed by atoms with Gasteiger partial charge in [-0.05, 0) is 35.4 Å². The Morgan fingerprint density at radius 2 is 1.77 bits per heavy atom. The first kappa shape index (κ1) is 31.6. The molecule has 0 unspecified atom stereocenters. The van der Waals surface area contributed by atoms with Crippen LogP contribution in [0.1, 0.15) is 15.9 Å². The fraction of sp³-hybridized carbons (Fsp3) is 0.133. The van der Waals surface area contributed by atoms with Gasteiger partial charge in [-0.25, -0.2) is 9.37 Å². The molecule has 226 valence electrons. The van der Waals surface area contributed by atoms with Crippen LogP contribution in [0.4, 0.5) is 29.1 Å². The van der Waals surface area contributed by atoms with E-state index in [0.717, 1.165) is 0 Å². The van der Waals surface area contributed by atoms with Crippen LogP contribution in [0.15, 0.2) is 61.1 Å².